The van der Waals surface area contributed by atoms with Gasteiger partial charge in [0.2, 0.25) is 5.91 Å². The van der Waals surface area contributed by atoms with Crippen molar-refractivity contribution in [3.05, 3.63) is 34.9 Å². The average molecular weight is 458 g/mol. The van der Waals surface area contributed by atoms with Crippen molar-refractivity contribution in [1.82, 2.24) is 15.5 Å². The minimum atomic E-state index is -1.16. The van der Waals surface area contributed by atoms with Gasteiger partial charge in [-0.25, -0.2) is 4.79 Å². The number of nitrogens with zero attached hydrogens (tertiary/aromatic N) is 1. The molecule has 1 aromatic rings. The van der Waals surface area contributed by atoms with Gasteiger partial charge in [0.1, 0.15) is 12.1 Å². The number of halogens is 1. The summed E-state index contributed by atoms with van der Waals surface area (Å²) in [5, 5.41) is 6.56. The van der Waals surface area contributed by atoms with Crippen LogP contribution in [0.4, 0.5) is 4.79 Å². The number of carbonyl (C=O) groups excluding carboxylic acids is 3. The van der Waals surface area contributed by atoms with Gasteiger partial charge >= 0.3 is 6.03 Å². The van der Waals surface area contributed by atoms with Crippen LogP contribution in [0.3, 0.4) is 0 Å². The predicted molar refractivity (Wildman–Crippen MR) is 122 cm³/mol. The van der Waals surface area contributed by atoms with Gasteiger partial charge in [0, 0.05) is 11.1 Å². The molecule has 6 rings (SSSR count). The van der Waals surface area contributed by atoms with E-state index >= 15 is 0 Å². The number of nitrogens with one attached hydrogen (secondary N) is 2. The highest BCUT2D eigenvalue weighted by atomic mass is 35.5. The minimum Gasteiger partial charge on any atom is -0.352 e. The molecule has 4 aliphatic carbocycles. The van der Waals surface area contributed by atoms with Gasteiger partial charge in [-0.1, -0.05) is 30.7 Å². The van der Waals surface area contributed by atoms with E-state index in [0.29, 0.717) is 17.0 Å². The highest BCUT2D eigenvalue weighted by Crippen LogP contribution is 2.61. The third-order valence-electron chi connectivity index (χ3n) is 8.73. The molecule has 4 amide bonds. The molecule has 0 aromatic heterocycles. The molecular formula is C25H32ClN3O3. The van der Waals surface area contributed by atoms with Crippen molar-refractivity contribution in [3.63, 3.8) is 0 Å². The molecule has 2 atom stereocenters. The summed E-state index contributed by atoms with van der Waals surface area (Å²) in [7, 11) is 0. The standard InChI is InChI=1S/C25H32ClN3O3/c1-3-25(19-4-6-20(26)7-5-19)22(31)29(23(32)28-25)14-21(30)27-15(2)24-11-16-8-17(12-24)10-18(9-16)13-24/h4-7,15-18H,3,8-14H2,1-2H3,(H,27,30)(H,28,32)/t15-,16?,17?,18?,24?,25+/m0/s1. The lowest BCUT2D eigenvalue weighted by Gasteiger charge is -2.59. The Morgan fingerprint density at radius 2 is 1.69 bits per heavy atom. The normalized spacial score (nSPS) is 36.3. The zero-order chi connectivity index (χ0) is 22.7. The number of urea groups is 1. The van der Waals surface area contributed by atoms with Crippen LogP contribution in [0.2, 0.25) is 5.02 Å². The molecule has 172 valence electrons. The molecule has 7 heteroatoms. The molecule has 1 heterocycles. The second-order valence-electron chi connectivity index (χ2n) is 10.7. The van der Waals surface area contributed by atoms with E-state index in [-0.39, 0.29) is 29.8 Å². The Balaban J connectivity index is 1.28. The largest absolute Gasteiger partial charge is 0.352 e. The van der Waals surface area contributed by atoms with Crippen LogP contribution in [-0.2, 0) is 15.1 Å². The number of carbonyl (C=O) groups is 3. The fourth-order valence-corrected chi connectivity index (χ4v) is 7.56. The Bertz CT molecular complexity index is 911. The Labute approximate surface area is 194 Å². The van der Waals surface area contributed by atoms with Crippen molar-refractivity contribution >= 4 is 29.4 Å². The number of benzene rings is 1. The first-order valence-electron chi connectivity index (χ1n) is 11.9. The van der Waals surface area contributed by atoms with Gasteiger partial charge in [0.25, 0.3) is 5.91 Å². The van der Waals surface area contributed by atoms with Gasteiger partial charge < -0.3 is 10.6 Å². The van der Waals surface area contributed by atoms with Gasteiger partial charge in [-0.3, -0.25) is 14.5 Å². The summed E-state index contributed by atoms with van der Waals surface area (Å²) in [6.45, 7) is 3.71. The monoisotopic (exact) mass is 457 g/mol. The molecule has 5 aliphatic rings. The second kappa shape index (κ2) is 7.75. The van der Waals surface area contributed by atoms with Crippen molar-refractivity contribution in [2.45, 2.75) is 70.4 Å². The van der Waals surface area contributed by atoms with E-state index in [9.17, 15) is 14.4 Å². The van der Waals surface area contributed by atoms with E-state index in [1.54, 1.807) is 24.3 Å². The number of amides is 4. The average Bonchev–Trinajstić information content (AvgIpc) is 2.98. The molecule has 0 unspecified atom stereocenters. The maximum atomic E-state index is 13.3. The zero-order valence-corrected chi connectivity index (χ0v) is 19.6. The molecular weight excluding hydrogens is 426 g/mol. The SMILES string of the molecule is CC[C@]1(c2ccc(Cl)cc2)NC(=O)N(CC(=O)N[C@@H](C)C23CC4CC(CC(C4)C2)C3)C1=O. The van der Waals surface area contributed by atoms with Crippen LogP contribution in [0, 0.1) is 23.2 Å². The summed E-state index contributed by atoms with van der Waals surface area (Å²) in [6.07, 6.45) is 8.03. The van der Waals surface area contributed by atoms with E-state index in [1.807, 2.05) is 6.92 Å². The van der Waals surface area contributed by atoms with Crippen LogP contribution in [0.1, 0.15) is 64.4 Å². The van der Waals surface area contributed by atoms with E-state index in [4.69, 9.17) is 11.6 Å². The fraction of sp³-hybridized carbons (Fsp3) is 0.640. The number of rotatable bonds is 6. The van der Waals surface area contributed by atoms with Gasteiger partial charge in [-0.15, -0.1) is 0 Å². The van der Waals surface area contributed by atoms with Crippen LogP contribution >= 0.6 is 11.6 Å². The molecule has 6 nitrogen and oxygen atoms in total. The lowest BCUT2D eigenvalue weighted by molar-refractivity contribution is -0.136. The summed E-state index contributed by atoms with van der Waals surface area (Å²) < 4.78 is 0. The van der Waals surface area contributed by atoms with Crippen LogP contribution in [-0.4, -0.2) is 35.3 Å². The van der Waals surface area contributed by atoms with Crippen molar-refractivity contribution < 1.29 is 14.4 Å². The van der Waals surface area contributed by atoms with Gasteiger partial charge in [-0.05, 0) is 92.7 Å². The third kappa shape index (κ3) is 3.42. The Hall–Kier alpha value is -2.08. The predicted octanol–water partition coefficient (Wildman–Crippen LogP) is 4.22. The molecule has 0 spiro atoms. The van der Waals surface area contributed by atoms with Crippen LogP contribution < -0.4 is 10.6 Å². The third-order valence-corrected chi connectivity index (χ3v) is 8.98. The molecule has 2 N–H and O–H groups in total. The van der Waals surface area contributed by atoms with Crippen LogP contribution in [0.15, 0.2) is 24.3 Å². The van der Waals surface area contributed by atoms with Crippen molar-refractivity contribution in [2.75, 3.05) is 6.54 Å². The fourth-order valence-electron chi connectivity index (χ4n) is 7.44. The smallest absolute Gasteiger partial charge is 0.325 e. The Morgan fingerprint density at radius 1 is 1.12 bits per heavy atom. The maximum absolute atomic E-state index is 13.3. The summed E-state index contributed by atoms with van der Waals surface area (Å²) in [6, 6.07) is 6.44. The van der Waals surface area contributed by atoms with Gasteiger partial charge in [0.15, 0.2) is 0 Å². The summed E-state index contributed by atoms with van der Waals surface area (Å²) >= 11 is 5.99. The molecule has 1 aliphatic heterocycles. The number of hydrogen-bond donors (Lipinski definition) is 2. The molecule has 32 heavy (non-hydrogen) atoms. The highest BCUT2D eigenvalue weighted by molar-refractivity contribution is 6.30. The first kappa shape index (κ1) is 21.7. The lowest BCUT2D eigenvalue weighted by Crippen LogP contribution is -2.57. The van der Waals surface area contributed by atoms with Gasteiger partial charge in [-0.2, -0.15) is 0 Å². The summed E-state index contributed by atoms with van der Waals surface area (Å²) in [5.74, 6) is 1.76. The molecule has 1 aromatic carbocycles. The summed E-state index contributed by atoms with van der Waals surface area (Å²) in [4.78, 5) is 40.1. The van der Waals surface area contributed by atoms with E-state index in [1.165, 1.54) is 38.5 Å². The van der Waals surface area contributed by atoms with Gasteiger partial charge in [0.05, 0.1) is 0 Å². The minimum absolute atomic E-state index is 0.0522. The Kier molecular flexibility index (Phi) is 5.27. The van der Waals surface area contributed by atoms with Crippen molar-refractivity contribution in [1.29, 1.82) is 0 Å². The summed E-state index contributed by atoms with van der Waals surface area (Å²) in [5.41, 5.74) is -0.307. The van der Waals surface area contributed by atoms with E-state index < -0.39 is 11.6 Å². The molecule has 1 saturated heterocycles. The highest BCUT2D eigenvalue weighted by Gasteiger charge is 2.54. The van der Waals surface area contributed by atoms with Crippen LogP contribution in [0.25, 0.3) is 0 Å². The quantitative estimate of drug-likeness (QED) is 0.628. The first-order chi connectivity index (χ1) is 15.2. The lowest BCUT2D eigenvalue weighted by atomic mass is 9.48. The Morgan fingerprint density at radius 3 is 2.22 bits per heavy atom. The van der Waals surface area contributed by atoms with Crippen molar-refractivity contribution in [3.8, 4) is 0 Å². The zero-order valence-electron chi connectivity index (χ0n) is 18.8. The second-order valence-corrected chi connectivity index (χ2v) is 11.1. The van der Waals surface area contributed by atoms with E-state index in [0.717, 1.165) is 22.7 Å². The first-order valence-corrected chi connectivity index (χ1v) is 12.3. The number of hydrogen-bond acceptors (Lipinski definition) is 3. The molecule has 5 fully saturated rings. The van der Waals surface area contributed by atoms with Crippen molar-refractivity contribution in [2.24, 2.45) is 23.2 Å². The molecule has 4 bridgehead atoms. The van der Waals surface area contributed by atoms with E-state index in [2.05, 4.69) is 17.6 Å². The maximum Gasteiger partial charge on any atom is 0.325 e. The number of imide groups is 1. The molecule has 4 saturated carbocycles. The molecule has 0 radical (unpaired) electrons. The topological polar surface area (TPSA) is 78.5 Å². The van der Waals surface area contributed by atoms with Crippen LogP contribution in [0.5, 0.6) is 0 Å².